The molecule has 7 nitrogen and oxygen atoms in total. The molecule has 0 unspecified atom stereocenters. The molecule has 0 fully saturated rings. The minimum Gasteiger partial charge on any atom is -0.480 e. The summed E-state index contributed by atoms with van der Waals surface area (Å²) in [4.78, 5) is 14.5. The Hall–Kier alpha value is -2.02. The molecule has 0 bridgehead atoms. The van der Waals surface area contributed by atoms with Gasteiger partial charge in [0.2, 0.25) is 0 Å². The van der Waals surface area contributed by atoms with Crippen molar-refractivity contribution in [3.8, 4) is 0 Å². The number of hydrogen-bond donors (Lipinski definition) is 1. The molecule has 0 saturated heterocycles. The fourth-order valence-corrected chi connectivity index (χ4v) is 1.62. The number of rotatable bonds is 4. The molecule has 0 aliphatic rings. The van der Waals surface area contributed by atoms with Gasteiger partial charge in [0.05, 0.1) is 0 Å². The van der Waals surface area contributed by atoms with Crippen LogP contribution in [0.1, 0.15) is 17.2 Å². The number of fused-ring (bicyclic) bond motifs is 1. The zero-order chi connectivity index (χ0) is 12.4. The van der Waals surface area contributed by atoms with Crippen molar-refractivity contribution in [3.63, 3.8) is 0 Å². The van der Waals surface area contributed by atoms with E-state index in [-0.39, 0.29) is 13.2 Å². The molecule has 1 N–H and O–H groups in total. The fourth-order valence-electron chi connectivity index (χ4n) is 1.62. The topological polar surface area (TPSA) is 89.6 Å². The van der Waals surface area contributed by atoms with Gasteiger partial charge in [0.25, 0.3) is 5.78 Å². The molecule has 0 spiro atoms. The van der Waals surface area contributed by atoms with Crippen molar-refractivity contribution in [2.45, 2.75) is 20.5 Å². The highest BCUT2D eigenvalue weighted by atomic mass is 16.5. The number of carboxylic acid groups (broad SMARTS) is 1. The number of hydrogen-bond acceptors (Lipinski definition) is 5. The molecule has 2 aromatic rings. The van der Waals surface area contributed by atoms with E-state index in [0.717, 1.165) is 11.4 Å². The molecule has 0 amide bonds. The van der Waals surface area contributed by atoms with Gasteiger partial charge < -0.3 is 9.84 Å². The summed E-state index contributed by atoms with van der Waals surface area (Å²) in [5.74, 6) is 0.0344. The first-order valence-electron chi connectivity index (χ1n) is 5.05. The third-order valence-electron chi connectivity index (χ3n) is 2.22. The van der Waals surface area contributed by atoms with E-state index >= 15 is 0 Å². The molecular weight excluding hydrogens is 224 g/mol. The third-order valence-corrected chi connectivity index (χ3v) is 2.22. The van der Waals surface area contributed by atoms with Crippen molar-refractivity contribution in [1.29, 1.82) is 0 Å². The van der Waals surface area contributed by atoms with E-state index in [1.807, 2.05) is 19.9 Å². The number of carboxylic acids is 1. The SMILES string of the molecule is Cc1cc(C)n2c(COCC(=O)O)nnc2n1. The zero-order valence-electron chi connectivity index (χ0n) is 9.54. The molecule has 0 aliphatic heterocycles. The Bertz CT molecular complexity index is 564. The van der Waals surface area contributed by atoms with Gasteiger partial charge in [-0.05, 0) is 19.9 Å². The number of aliphatic carboxylic acids is 1. The van der Waals surface area contributed by atoms with Gasteiger partial charge in [-0.25, -0.2) is 9.78 Å². The van der Waals surface area contributed by atoms with Gasteiger partial charge >= 0.3 is 5.97 Å². The van der Waals surface area contributed by atoms with Crippen LogP contribution in [-0.2, 0) is 16.1 Å². The van der Waals surface area contributed by atoms with Gasteiger partial charge in [0.15, 0.2) is 5.82 Å². The number of aryl methyl sites for hydroxylation is 2. The molecule has 0 atom stereocenters. The number of carbonyl (C=O) groups is 1. The third kappa shape index (κ3) is 2.39. The van der Waals surface area contributed by atoms with Gasteiger partial charge in [0, 0.05) is 11.4 Å². The molecule has 0 saturated carbocycles. The number of nitrogens with zero attached hydrogens (tertiary/aromatic N) is 4. The van der Waals surface area contributed by atoms with E-state index in [0.29, 0.717) is 11.6 Å². The summed E-state index contributed by atoms with van der Waals surface area (Å²) in [6, 6.07) is 1.90. The van der Waals surface area contributed by atoms with E-state index in [4.69, 9.17) is 9.84 Å². The molecule has 2 rings (SSSR count). The average molecular weight is 236 g/mol. The molecule has 0 aliphatic carbocycles. The normalized spacial score (nSPS) is 10.9. The second kappa shape index (κ2) is 4.46. The molecular formula is C10H12N4O3. The number of aromatic nitrogens is 4. The van der Waals surface area contributed by atoms with E-state index < -0.39 is 5.97 Å². The summed E-state index contributed by atoms with van der Waals surface area (Å²) in [5, 5.41) is 16.3. The van der Waals surface area contributed by atoms with Crippen molar-refractivity contribution in [2.24, 2.45) is 0 Å². The average Bonchev–Trinajstić information content (AvgIpc) is 2.60. The Morgan fingerprint density at radius 2 is 2.24 bits per heavy atom. The van der Waals surface area contributed by atoms with Gasteiger partial charge in [0.1, 0.15) is 13.2 Å². The lowest BCUT2D eigenvalue weighted by Crippen LogP contribution is -2.09. The maximum absolute atomic E-state index is 10.3. The van der Waals surface area contributed by atoms with Crippen LogP contribution in [0.2, 0.25) is 0 Å². The van der Waals surface area contributed by atoms with E-state index in [1.165, 1.54) is 0 Å². The van der Waals surface area contributed by atoms with Crippen molar-refractivity contribution >= 4 is 11.7 Å². The van der Waals surface area contributed by atoms with Crippen molar-refractivity contribution in [1.82, 2.24) is 19.6 Å². The highest BCUT2D eigenvalue weighted by Crippen LogP contribution is 2.08. The molecule has 17 heavy (non-hydrogen) atoms. The smallest absolute Gasteiger partial charge is 0.329 e. The predicted octanol–water partition coefficient (Wildman–Crippen LogP) is 0.342. The summed E-state index contributed by atoms with van der Waals surface area (Å²) in [7, 11) is 0. The van der Waals surface area contributed by atoms with Crippen LogP contribution in [0.25, 0.3) is 5.78 Å². The van der Waals surface area contributed by atoms with E-state index in [2.05, 4.69) is 15.2 Å². The van der Waals surface area contributed by atoms with Crippen LogP contribution in [-0.4, -0.2) is 37.3 Å². The Kier molecular flexibility index (Phi) is 3.01. The molecule has 7 heteroatoms. The Morgan fingerprint density at radius 3 is 2.94 bits per heavy atom. The van der Waals surface area contributed by atoms with Gasteiger partial charge in [-0.3, -0.25) is 4.40 Å². The summed E-state index contributed by atoms with van der Waals surface area (Å²) >= 11 is 0. The van der Waals surface area contributed by atoms with Crippen molar-refractivity contribution in [3.05, 3.63) is 23.3 Å². The van der Waals surface area contributed by atoms with Crippen LogP contribution >= 0.6 is 0 Å². The van der Waals surface area contributed by atoms with E-state index in [1.54, 1.807) is 4.40 Å². The Morgan fingerprint density at radius 1 is 1.47 bits per heavy atom. The zero-order valence-corrected chi connectivity index (χ0v) is 9.54. The van der Waals surface area contributed by atoms with Crippen LogP contribution in [0.5, 0.6) is 0 Å². The maximum Gasteiger partial charge on any atom is 0.329 e. The predicted molar refractivity (Wildman–Crippen MR) is 57.5 cm³/mol. The quantitative estimate of drug-likeness (QED) is 0.823. The highest BCUT2D eigenvalue weighted by Gasteiger charge is 2.10. The second-order valence-electron chi connectivity index (χ2n) is 3.68. The van der Waals surface area contributed by atoms with Gasteiger partial charge in [-0.1, -0.05) is 0 Å². The fraction of sp³-hybridized carbons (Fsp3) is 0.400. The molecule has 2 aromatic heterocycles. The molecule has 0 aromatic carbocycles. The largest absolute Gasteiger partial charge is 0.480 e. The lowest BCUT2D eigenvalue weighted by Gasteiger charge is -2.04. The van der Waals surface area contributed by atoms with E-state index in [9.17, 15) is 4.79 Å². The lowest BCUT2D eigenvalue weighted by molar-refractivity contribution is -0.142. The molecule has 0 radical (unpaired) electrons. The van der Waals surface area contributed by atoms with Crippen molar-refractivity contribution in [2.75, 3.05) is 6.61 Å². The van der Waals surface area contributed by atoms with Crippen LogP contribution < -0.4 is 0 Å². The van der Waals surface area contributed by atoms with Crippen LogP contribution in [0.3, 0.4) is 0 Å². The summed E-state index contributed by atoms with van der Waals surface area (Å²) in [5.41, 5.74) is 1.80. The molecule has 2 heterocycles. The first-order chi connectivity index (χ1) is 8.08. The van der Waals surface area contributed by atoms with Gasteiger partial charge in [-0.15, -0.1) is 10.2 Å². The first kappa shape index (κ1) is 11.5. The standard InChI is InChI=1S/C10H12N4O3/c1-6-3-7(2)14-8(4-17-5-9(15)16)12-13-10(14)11-6/h3H,4-5H2,1-2H3,(H,15,16). The molecule has 90 valence electrons. The summed E-state index contributed by atoms with van der Waals surface area (Å²) in [6.45, 7) is 3.53. The van der Waals surface area contributed by atoms with Crippen molar-refractivity contribution < 1.29 is 14.6 Å². The summed E-state index contributed by atoms with van der Waals surface area (Å²) < 4.78 is 6.73. The maximum atomic E-state index is 10.3. The minimum absolute atomic E-state index is 0.0963. The second-order valence-corrected chi connectivity index (χ2v) is 3.68. The van der Waals surface area contributed by atoms with Gasteiger partial charge in [-0.2, -0.15) is 0 Å². The van der Waals surface area contributed by atoms with Crippen LogP contribution in [0.15, 0.2) is 6.07 Å². The highest BCUT2D eigenvalue weighted by molar-refractivity contribution is 5.67. The van der Waals surface area contributed by atoms with Crippen LogP contribution in [0, 0.1) is 13.8 Å². The Labute approximate surface area is 97.1 Å². The Balaban J connectivity index is 2.26. The monoisotopic (exact) mass is 236 g/mol. The van der Waals surface area contributed by atoms with Crippen LogP contribution in [0.4, 0.5) is 0 Å². The summed E-state index contributed by atoms with van der Waals surface area (Å²) in [6.07, 6.45) is 0. The minimum atomic E-state index is -1.01. The lowest BCUT2D eigenvalue weighted by atomic mass is 10.3. The number of ether oxygens (including phenoxy) is 1. The first-order valence-corrected chi connectivity index (χ1v) is 5.05.